The van der Waals surface area contributed by atoms with Crippen molar-refractivity contribution in [2.75, 3.05) is 10.6 Å². The number of fused-ring (bicyclic) bond motifs is 4. The van der Waals surface area contributed by atoms with Crippen molar-refractivity contribution in [2.24, 2.45) is 0 Å². The normalized spacial score (nSPS) is 11.1. The lowest BCUT2D eigenvalue weighted by Crippen LogP contribution is -2.14. The van der Waals surface area contributed by atoms with E-state index in [1.165, 1.54) is 18.3 Å². The van der Waals surface area contributed by atoms with Gasteiger partial charge in [-0.05, 0) is 30.3 Å². The highest BCUT2D eigenvalue weighted by atomic mass is 32.1. The van der Waals surface area contributed by atoms with Crippen LogP contribution in [0.1, 0.15) is 6.92 Å². The van der Waals surface area contributed by atoms with Gasteiger partial charge in [0.1, 0.15) is 5.69 Å². The number of benzene rings is 4. The van der Waals surface area contributed by atoms with E-state index in [2.05, 4.69) is 10.6 Å². The van der Waals surface area contributed by atoms with Gasteiger partial charge in [0.25, 0.3) is 0 Å². The first-order chi connectivity index (χ1) is 14.6. The molecule has 30 heavy (non-hydrogen) atoms. The SMILES string of the molecule is CC(=O)Nc1cccc2c(=O)c(Nc3ccccc3)c3sc4ccccc4nc-3c12. The number of para-hydroxylation sites is 2. The van der Waals surface area contributed by atoms with Crippen LogP contribution in [-0.4, -0.2) is 10.9 Å². The van der Waals surface area contributed by atoms with Gasteiger partial charge in [-0.3, -0.25) is 9.59 Å². The molecule has 5 rings (SSSR count). The monoisotopic (exact) mass is 411 g/mol. The number of amides is 1. The van der Waals surface area contributed by atoms with Crippen molar-refractivity contribution in [3.8, 4) is 10.6 Å². The van der Waals surface area contributed by atoms with Crippen molar-refractivity contribution in [2.45, 2.75) is 6.92 Å². The average Bonchev–Trinajstić information content (AvgIpc) is 2.76. The second-order valence-corrected chi connectivity index (χ2v) is 8.02. The van der Waals surface area contributed by atoms with Crippen LogP contribution in [-0.2, 0) is 4.79 Å². The lowest BCUT2D eigenvalue weighted by atomic mass is 10.0. The average molecular weight is 411 g/mol. The summed E-state index contributed by atoms with van der Waals surface area (Å²) in [6, 6.07) is 22.8. The van der Waals surface area contributed by atoms with E-state index < -0.39 is 0 Å². The van der Waals surface area contributed by atoms with Gasteiger partial charge in [-0.1, -0.05) is 42.5 Å². The maximum atomic E-state index is 13.5. The minimum absolute atomic E-state index is 0.123. The maximum absolute atomic E-state index is 13.5. The summed E-state index contributed by atoms with van der Waals surface area (Å²) in [6.45, 7) is 1.45. The van der Waals surface area contributed by atoms with Gasteiger partial charge in [0.15, 0.2) is 0 Å². The Morgan fingerprint density at radius 2 is 1.70 bits per heavy atom. The Kier molecular flexibility index (Phi) is 4.41. The summed E-state index contributed by atoms with van der Waals surface area (Å²) in [5.41, 5.74) is 3.32. The maximum Gasteiger partial charge on any atom is 0.221 e. The van der Waals surface area contributed by atoms with Gasteiger partial charge in [-0.15, -0.1) is 11.3 Å². The van der Waals surface area contributed by atoms with E-state index in [9.17, 15) is 9.59 Å². The molecule has 146 valence electrons. The molecule has 0 atom stereocenters. The quantitative estimate of drug-likeness (QED) is 0.299. The molecule has 0 aromatic heterocycles. The smallest absolute Gasteiger partial charge is 0.221 e. The third-order valence-electron chi connectivity index (χ3n) is 4.88. The molecule has 1 amide bonds. The number of rotatable bonds is 3. The zero-order chi connectivity index (χ0) is 20.7. The van der Waals surface area contributed by atoms with Gasteiger partial charge >= 0.3 is 0 Å². The molecule has 1 aliphatic carbocycles. The minimum atomic E-state index is -0.195. The summed E-state index contributed by atoms with van der Waals surface area (Å²) >= 11 is 1.52. The van der Waals surface area contributed by atoms with Crippen LogP contribution >= 0.6 is 11.3 Å². The minimum Gasteiger partial charge on any atom is -0.351 e. The summed E-state index contributed by atoms with van der Waals surface area (Å²) in [4.78, 5) is 31.0. The predicted molar refractivity (Wildman–Crippen MR) is 124 cm³/mol. The third kappa shape index (κ3) is 3.07. The van der Waals surface area contributed by atoms with Crippen LogP contribution in [0.4, 0.5) is 17.1 Å². The fourth-order valence-electron chi connectivity index (χ4n) is 3.61. The van der Waals surface area contributed by atoms with Crippen LogP contribution < -0.4 is 16.1 Å². The van der Waals surface area contributed by atoms with E-state index in [0.29, 0.717) is 27.8 Å². The van der Waals surface area contributed by atoms with Crippen molar-refractivity contribution in [3.63, 3.8) is 0 Å². The highest BCUT2D eigenvalue weighted by molar-refractivity contribution is 7.22. The molecule has 0 bridgehead atoms. The zero-order valence-electron chi connectivity index (χ0n) is 16.1. The molecule has 1 heterocycles. The van der Waals surface area contributed by atoms with Gasteiger partial charge in [-0.2, -0.15) is 0 Å². The molecule has 6 heteroatoms. The molecule has 0 radical (unpaired) electrons. The van der Waals surface area contributed by atoms with Crippen molar-refractivity contribution in [3.05, 3.63) is 83.0 Å². The number of hydrogen-bond acceptors (Lipinski definition) is 5. The van der Waals surface area contributed by atoms with Crippen molar-refractivity contribution >= 4 is 55.3 Å². The molecule has 2 aliphatic rings. The Bertz CT molecular complexity index is 1440. The van der Waals surface area contributed by atoms with Gasteiger partial charge < -0.3 is 10.6 Å². The first-order valence-corrected chi connectivity index (χ1v) is 10.3. The molecule has 3 aromatic rings. The van der Waals surface area contributed by atoms with Crippen molar-refractivity contribution in [1.82, 2.24) is 4.98 Å². The highest BCUT2D eigenvalue weighted by Crippen LogP contribution is 2.42. The fourth-order valence-corrected chi connectivity index (χ4v) is 4.69. The summed E-state index contributed by atoms with van der Waals surface area (Å²) < 4.78 is 0.983. The molecule has 0 fully saturated rings. The summed E-state index contributed by atoms with van der Waals surface area (Å²) in [5.74, 6) is -0.195. The topological polar surface area (TPSA) is 71.1 Å². The molecule has 1 aliphatic heterocycles. The van der Waals surface area contributed by atoms with E-state index in [0.717, 1.165) is 20.8 Å². The molecule has 0 spiro atoms. The first-order valence-electron chi connectivity index (χ1n) is 9.50. The predicted octanol–water partition coefficient (Wildman–Crippen LogP) is 5.62. The number of carbonyl (C=O) groups excluding carboxylic acids is 1. The molecular weight excluding hydrogens is 394 g/mol. The Morgan fingerprint density at radius 3 is 2.50 bits per heavy atom. The van der Waals surface area contributed by atoms with Gasteiger partial charge in [0.2, 0.25) is 11.3 Å². The van der Waals surface area contributed by atoms with Gasteiger partial charge in [0, 0.05) is 23.4 Å². The molecule has 0 unspecified atom stereocenters. The number of anilines is 3. The molecule has 0 saturated carbocycles. The number of aromatic nitrogens is 1. The largest absolute Gasteiger partial charge is 0.351 e. The highest BCUT2D eigenvalue weighted by Gasteiger charge is 2.23. The van der Waals surface area contributed by atoms with E-state index >= 15 is 0 Å². The fraction of sp³-hybridized carbons (Fsp3) is 0.0417. The van der Waals surface area contributed by atoms with Crippen LogP contribution in [0.25, 0.3) is 31.6 Å². The molecule has 0 saturated heterocycles. The summed E-state index contributed by atoms with van der Waals surface area (Å²) in [5, 5.41) is 7.33. The van der Waals surface area contributed by atoms with E-state index in [1.807, 2.05) is 54.6 Å². The van der Waals surface area contributed by atoms with Crippen molar-refractivity contribution < 1.29 is 4.79 Å². The van der Waals surface area contributed by atoms with Crippen LogP contribution in [0.2, 0.25) is 0 Å². The van der Waals surface area contributed by atoms with E-state index in [4.69, 9.17) is 4.98 Å². The van der Waals surface area contributed by atoms with Crippen molar-refractivity contribution in [1.29, 1.82) is 0 Å². The number of carbonyl (C=O) groups is 1. The number of nitrogens with one attached hydrogen (secondary N) is 2. The van der Waals surface area contributed by atoms with Crippen LogP contribution in [0, 0.1) is 0 Å². The molecular formula is C24H17N3O2S. The second kappa shape index (κ2) is 7.24. The lowest BCUT2D eigenvalue weighted by Gasteiger charge is -2.18. The standard InChI is InChI=1S/C24H17N3O2S/c1-14(28)25-18-12-7-10-16-20(18)21-24(30-19-13-6-5-11-17(19)27-21)22(23(16)29)26-15-8-3-2-4-9-15/h2-13,26H,1H3,(H,25,28). The van der Waals surface area contributed by atoms with E-state index in [-0.39, 0.29) is 11.3 Å². The third-order valence-corrected chi connectivity index (χ3v) is 6.05. The number of nitrogens with zero attached hydrogens (tertiary/aromatic N) is 1. The molecule has 2 N–H and O–H groups in total. The van der Waals surface area contributed by atoms with Crippen LogP contribution in [0.5, 0.6) is 0 Å². The van der Waals surface area contributed by atoms with E-state index in [1.54, 1.807) is 18.2 Å². The Hall–Kier alpha value is -3.77. The summed E-state index contributed by atoms with van der Waals surface area (Å²) in [7, 11) is 0. The molecule has 5 nitrogen and oxygen atoms in total. The summed E-state index contributed by atoms with van der Waals surface area (Å²) in [6.07, 6.45) is 0. The Labute approximate surface area is 176 Å². The zero-order valence-corrected chi connectivity index (χ0v) is 16.9. The first kappa shape index (κ1) is 18.3. The van der Waals surface area contributed by atoms with Gasteiger partial charge in [-0.25, -0.2) is 4.98 Å². The second-order valence-electron chi connectivity index (χ2n) is 6.96. The van der Waals surface area contributed by atoms with Crippen LogP contribution in [0.15, 0.2) is 77.6 Å². The lowest BCUT2D eigenvalue weighted by molar-refractivity contribution is -0.114. The molecule has 3 aromatic carbocycles. The Morgan fingerprint density at radius 1 is 0.933 bits per heavy atom. The van der Waals surface area contributed by atoms with Crippen LogP contribution in [0.3, 0.4) is 0 Å². The van der Waals surface area contributed by atoms with Gasteiger partial charge in [0.05, 0.1) is 26.5 Å². The number of hydrogen-bond donors (Lipinski definition) is 2. The Balaban J connectivity index is 1.91.